The van der Waals surface area contributed by atoms with Gasteiger partial charge in [0.2, 0.25) is 5.88 Å². The molecule has 1 aromatic heterocycles. The summed E-state index contributed by atoms with van der Waals surface area (Å²) >= 11 is 0. The molecule has 0 amide bonds. The number of nitrogens with one attached hydrogen (secondary N) is 1. The molecule has 0 bridgehead atoms. The van der Waals surface area contributed by atoms with Crippen molar-refractivity contribution >= 4 is 5.82 Å². The van der Waals surface area contributed by atoms with E-state index in [2.05, 4.69) is 15.3 Å². The van der Waals surface area contributed by atoms with E-state index in [4.69, 9.17) is 9.47 Å². The largest absolute Gasteiger partial charge is 0.481 e. The maximum absolute atomic E-state index is 5.07. The summed E-state index contributed by atoms with van der Waals surface area (Å²) in [5.74, 6) is 2.10. The fourth-order valence-corrected chi connectivity index (χ4v) is 1.32. The van der Waals surface area contributed by atoms with Gasteiger partial charge < -0.3 is 14.8 Å². The summed E-state index contributed by atoms with van der Waals surface area (Å²) in [6, 6.07) is 1.79. The third-order valence-corrected chi connectivity index (χ3v) is 2.10. The first kappa shape index (κ1) is 12.7. The Labute approximate surface area is 96.2 Å². The zero-order valence-corrected chi connectivity index (χ0v) is 10.1. The number of methoxy groups -OCH3 is 2. The standard InChI is InChI=1S/C11H19N3O2/c1-9-13-10(8-11(14-9)16-3)12-6-4-5-7-15-2/h8H,4-7H2,1-3H3,(H,12,13,14). The van der Waals surface area contributed by atoms with Crippen LogP contribution in [-0.4, -0.2) is 37.3 Å². The van der Waals surface area contributed by atoms with Crippen LogP contribution in [0.2, 0.25) is 0 Å². The molecule has 1 aromatic rings. The fraction of sp³-hybridized carbons (Fsp3) is 0.636. The molecule has 5 heteroatoms. The van der Waals surface area contributed by atoms with Crippen molar-refractivity contribution in [3.8, 4) is 5.88 Å². The Kier molecular flexibility index (Phi) is 5.56. The van der Waals surface area contributed by atoms with Gasteiger partial charge in [-0.1, -0.05) is 0 Å². The molecular weight excluding hydrogens is 206 g/mol. The van der Waals surface area contributed by atoms with Gasteiger partial charge in [0.05, 0.1) is 7.11 Å². The molecule has 0 saturated carbocycles. The number of unbranched alkanes of at least 4 members (excludes halogenated alkanes) is 1. The zero-order valence-electron chi connectivity index (χ0n) is 10.1. The number of anilines is 1. The first-order valence-electron chi connectivity index (χ1n) is 5.38. The zero-order chi connectivity index (χ0) is 11.8. The van der Waals surface area contributed by atoms with Crippen LogP contribution < -0.4 is 10.1 Å². The molecule has 0 saturated heterocycles. The highest BCUT2D eigenvalue weighted by Crippen LogP contribution is 2.12. The second-order valence-electron chi connectivity index (χ2n) is 3.47. The smallest absolute Gasteiger partial charge is 0.218 e. The molecule has 0 atom stereocenters. The van der Waals surface area contributed by atoms with Crippen LogP contribution >= 0.6 is 0 Å². The lowest BCUT2D eigenvalue weighted by molar-refractivity contribution is 0.194. The maximum atomic E-state index is 5.07. The van der Waals surface area contributed by atoms with E-state index < -0.39 is 0 Å². The summed E-state index contributed by atoms with van der Waals surface area (Å²) in [5, 5.41) is 3.23. The van der Waals surface area contributed by atoms with Gasteiger partial charge in [-0.05, 0) is 19.8 Å². The van der Waals surface area contributed by atoms with Gasteiger partial charge in [-0.2, -0.15) is 4.98 Å². The lowest BCUT2D eigenvalue weighted by atomic mass is 10.3. The fourth-order valence-electron chi connectivity index (χ4n) is 1.32. The second-order valence-corrected chi connectivity index (χ2v) is 3.47. The van der Waals surface area contributed by atoms with Gasteiger partial charge in [-0.25, -0.2) is 4.98 Å². The Hall–Kier alpha value is -1.36. The van der Waals surface area contributed by atoms with Crippen LogP contribution in [0, 0.1) is 6.92 Å². The minimum absolute atomic E-state index is 0.590. The Morgan fingerprint density at radius 2 is 2.06 bits per heavy atom. The van der Waals surface area contributed by atoms with Crippen LogP contribution in [0.5, 0.6) is 5.88 Å². The van der Waals surface area contributed by atoms with Crippen molar-refractivity contribution in [3.63, 3.8) is 0 Å². The summed E-state index contributed by atoms with van der Waals surface area (Å²) in [6.07, 6.45) is 2.10. The average Bonchev–Trinajstić information content (AvgIpc) is 2.28. The molecule has 90 valence electrons. The molecule has 0 aliphatic heterocycles. The van der Waals surface area contributed by atoms with Crippen LogP contribution in [0.25, 0.3) is 0 Å². The average molecular weight is 225 g/mol. The number of aromatic nitrogens is 2. The lowest BCUT2D eigenvalue weighted by Crippen LogP contribution is -2.06. The van der Waals surface area contributed by atoms with Crippen molar-refractivity contribution in [2.24, 2.45) is 0 Å². The number of nitrogens with zero attached hydrogens (tertiary/aromatic N) is 2. The molecular formula is C11H19N3O2. The van der Waals surface area contributed by atoms with Crippen molar-refractivity contribution in [3.05, 3.63) is 11.9 Å². The van der Waals surface area contributed by atoms with E-state index in [1.165, 1.54) is 0 Å². The molecule has 1 heterocycles. The van der Waals surface area contributed by atoms with Crippen LogP contribution in [-0.2, 0) is 4.74 Å². The van der Waals surface area contributed by atoms with Gasteiger partial charge >= 0.3 is 0 Å². The van der Waals surface area contributed by atoms with Gasteiger partial charge in [0.15, 0.2) is 0 Å². The van der Waals surface area contributed by atoms with E-state index in [0.717, 1.165) is 31.8 Å². The molecule has 1 rings (SSSR count). The third-order valence-electron chi connectivity index (χ3n) is 2.10. The van der Waals surface area contributed by atoms with Crippen molar-refractivity contribution < 1.29 is 9.47 Å². The van der Waals surface area contributed by atoms with E-state index in [9.17, 15) is 0 Å². The molecule has 0 aromatic carbocycles. The predicted octanol–water partition coefficient (Wildman–Crippen LogP) is 1.63. The van der Waals surface area contributed by atoms with E-state index >= 15 is 0 Å². The lowest BCUT2D eigenvalue weighted by Gasteiger charge is -2.07. The monoisotopic (exact) mass is 225 g/mol. The van der Waals surface area contributed by atoms with Crippen molar-refractivity contribution in [1.29, 1.82) is 0 Å². The molecule has 0 radical (unpaired) electrons. The highest BCUT2D eigenvalue weighted by Gasteiger charge is 2.00. The highest BCUT2D eigenvalue weighted by atomic mass is 16.5. The summed E-state index contributed by atoms with van der Waals surface area (Å²) in [5.41, 5.74) is 0. The first-order chi connectivity index (χ1) is 7.76. The van der Waals surface area contributed by atoms with Crippen LogP contribution in [0.15, 0.2) is 6.07 Å². The van der Waals surface area contributed by atoms with Gasteiger partial charge in [-0.15, -0.1) is 0 Å². The van der Waals surface area contributed by atoms with Gasteiger partial charge in [0, 0.05) is 26.3 Å². The molecule has 0 unspecified atom stereocenters. The van der Waals surface area contributed by atoms with E-state index in [1.807, 2.05) is 6.92 Å². The number of rotatable bonds is 7. The quantitative estimate of drug-likeness (QED) is 0.715. The van der Waals surface area contributed by atoms with Crippen LogP contribution in [0.1, 0.15) is 18.7 Å². The Bertz CT molecular complexity index is 318. The summed E-state index contributed by atoms with van der Waals surface area (Å²) in [7, 11) is 3.32. The van der Waals surface area contributed by atoms with E-state index in [1.54, 1.807) is 20.3 Å². The number of hydrogen-bond acceptors (Lipinski definition) is 5. The SMILES string of the molecule is COCCCCNc1cc(OC)nc(C)n1. The van der Waals surface area contributed by atoms with Gasteiger partial charge in [0.1, 0.15) is 11.6 Å². The van der Waals surface area contributed by atoms with Crippen molar-refractivity contribution in [2.45, 2.75) is 19.8 Å². The summed E-state index contributed by atoms with van der Waals surface area (Å²) in [6.45, 7) is 3.52. The topological polar surface area (TPSA) is 56.3 Å². The number of aryl methyl sites for hydroxylation is 1. The van der Waals surface area contributed by atoms with E-state index in [-0.39, 0.29) is 0 Å². The normalized spacial score (nSPS) is 10.2. The highest BCUT2D eigenvalue weighted by molar-refractivity contribution is 5.38. The molecule has 0 aliphatic rings. The molecule has 5 nitrogen and oxygen atoms in total. The van der Waals surface area contributed by atoms with Gasteiger partial charge in [0.25, 0.3) is 0 Å². The Morgan fingerprint density at radius 3 is 2.75 bits per heavy atom. The molecule has 1 N–H and O–H groups in total. The minimum Gasteiger partial charge on any atom is -0.481 e. The van der Waals surface area contributed by atoms with Crippen molar-refractivity contribution in [2.75, 3.05) is 32.7 Å². The van der Waals surface area contributed by atoms with E-state index in [0.29, 0.717) is 11.7 Å². The third kappa shape index (κ3) is 4.44. The summed E-state index contributed by atoms with van der Waals surface area (Å²) in [4.78, 5) is 8.38. The molecule has 0 spiro atoms. The summed E-state index contributed by atoms with van der Waals surface area (Å²) < 4.78 is 10.0. The molecule has 16 heavy (non-hydrogen) atoms. The molecule has 0 aliphatic carbocycles. The number of hydrogen-bond donors (Lipinski definition) is 1. The predicted molar refractivity (Wildman–Crippen MR) is 62.9 cm³/mol. The van der Waals surface area contributed by atoms with Crippen LogP contribution in [0.3, 0.4) is 0 Å². The maximum Gasteiger partial charge on any atom is 0.218 e. The Morgan fingerprint density at radius 1 is 1.25 bits per heavy atom. The minimum atomic E-state index is 0.590. The Balaban J connectivity index is 2.38. The molecule has 0 fully saturated rings. The first-order valence-corrected chi connectivity index (χ1v) is 5.38. The van der Waals surface area contributed by atoms with Gasteiger partial charge in [-0.3, -0.25) is 0 Å². The van der Waals surface area contributed by atoms with Crippen LogP contribution in [0.4, 0.5) is 5.82 Å². The number of ether oxygens (including phenoxy) is 2. The second kappa shape index (κ2) is 7.00. The van der Waals surface area contributed by atoms with Crippen molar-refractivity contribution in [1.82, 2.24) is 9.97 Å².